The van der Waals surface area contributed by atoms with E-state index >= 15 is 0 Å². The van der Waals surface area contributed by atoms with Crippen LogP contribution in [0.2, 0.25) is 0 Å². The van der Waals surface area contributed by atoms with Crippen LogP contribution in [0.4, 0.5) is 0 Å². The van der Waals surface area contributed by atoms with E-state index in [4.69, 9.17) is 9.47 Å². The van der Waals surface area contributed by atoms with Crippen LogP contribution in [0.3, 0.4) is 0 Å². The first-order valence-corrected chi connectivity index (χ1v) is 5.96. The van der Waals surface area contributed by atoms with Gasteiger partial charge in [0.05, 0.1) is 19.8 Å². The monoisotopic (exact) mass is 258 g/mol. The third-order valence-electron chi connectivity index (χ3n) is 1.80. The summed E-state index contributed by atoms with van der Waals surface area (Å²) in [7, 11) is 1.23. The molecule has 0 aromatic heterocycles. The summed E-state index contributed by atoms with van der Waals surface area (Å²) in [6, 6.07) is 0. The number of hydrogen-bond donors (Lipinski definition) is 0. The molecule has 0 aromatic rings. The molecule has 0 saturated carbocycles. The Labute approximate surface area is 108 Å². The van der Waals surface area contributed by atoms with Crippen LogP contribution in [0, 0.1) is 0 Å². The number of ether oxygens (including phenoxy) is 3. The van der Waals surface area contributed by atoms with Gasteiger partial charge in [-0.2, -0.15) is 0 Å². The second kappa shape index (κ2) is 7.74. The number of carbonyl (C=O) groups is 2. The van der Waals surface area contributed by atoms with Crippen molar-refractivity contribution in [3.05, 3.63) is 11.8 Å². The molecule has 0 bridgehead atoms. The molecular formula is C13H22O5. The van der Waals surface area contributed by atoms with E-state index in [1.54, 1.807) is 20.8 Å². The summed E-state index contributed by atoms with van der Waals surface area (Å²) in [6.45, 7) is 7.59. The van der Waals surface area contributed by atoms with Crippen molar-refractivity contribution in [3.8, 4) is 0 Å². The molecule has 0 aliphatic rings. The van der Waals surface area contributed by atoms with Crippen molar-refractivity contribution in [1.29, 1.82) is 0 Å². The largest absolute Gasteiger partial charge is 0.486 e. The highest BCUT2D eigenvalue weighted by atomic mass is 16.6. The molecule has 0 radical (unpaired) electrons. The summed E-state index contributed by atoms with van der Waals surface area (Å²) in [5.74, 6) is -1.43. The average Bonchev–Trinajstić information content (AvgIpc) is 2.24. The molecule has 0 atom stereocenters. The molecular weight excluding hydrogens is 236 g/mol. The highest BCUT2D eigenvalue weighted by molar-refractivity contribution is 5.94. The van der Waals surface area contributed by atoms with Crippen molar-refractivity contribution < 1.29 is 23.8 Å². The zero-order valence-corrected chi connectivity index (χ0v) is 11.7. The smallest absolute Gasteiger partial charge is 0.373 e. The molecule has 0 N–H and O–H groups in total. The number of methoxy groups -OCH3 is 1. The topological polar surface area (TPSA) is 61.8 Å². The lowest BCUT2D eigenvalue weighted by atomic mass is 10.2. The number of unbranched alkanes of at least 4 members (excludes halogenated alkanes) is 1. The molecule has 0 saturated heterocycles. The minimum Gasteiger partial charge on any atom is -0.486 e. The Kier molecular flexibility index (Phi) is 7.08. The van der Waals surface area contributed by atoms with Gasteiger partial charge >= 0.3 is 11.9 Å². The second-order valence-corrected chi connectivity index (χ2v) is 4.74. The molecule has 0 rings (SSSR count). The minimum absolute atomic E-state index is 0.125. The number of rotatable bonds is 6. The Morgan fingerprint density at radius 2 is 1.83 bits per heavy atom. The fourth-order valence-electron chi connectivity index (χ4n) is 1.02. The first-order chi connectivity index (χ1) is 8.30. The summed E-state index contributed by atoms with van der Waals surface area (Å²) in [4.78, 5) is 22.9. The fourth-order valence-corrected chi connectivity index (χ4v) is 1.02. The van der Waals surface area contributed by atoms with Crippen molar-refractivity contribution in [2.75, 3.05) is 13.7 Å². The summed E-state index contributed by atoms with van der Waals surface area (Å²) < 4.78 is 14.8. The van der Waals surface area contributed by atoms with Crippen molar-refractivity contribution in [2.45, 2.75) is 46.1 Å². The lowest BCUT2D eigenvalue weighted by molar-refractivity contribution is -0.150. The van der Waals surface area contributed by atoms with E-state index in [-0.39, 0.29) is 5.76 Å². The minimum atomic E-state index is -0.683. The second-order valence-electron chi connectivity index (χ2n) is 4.74. The predicted molar refractivity (Wildman–Crippen MR) is 66.8 cm³/mol. The average molecular weight is 258 g/mol. The van der Waals surface area contributed by atoms with Gasteiger partial charge in [-0.15, -0.1) is 0 Å². The van der Waals surface area contributed by atoms with Crippen LogP contribution in [0.1, 0.15) is 40.5 Å². The third-order valence-corrected chi connectivity index (χ3v) is 1.80. The van der Waals surface area contributed by atoms with Gasteiger partial charge in [-0.25, -0.2) is 9.59 Å². The van der Waals surface area contributed by atoms with Gasteiger partial charge in [0.25, 0.3) is 0 Å². The van der Waals surface area contributed by atoms with Crippen LogP contribution in [-0.2, 0) is 23.8 Å². The zero-order valence-electron chi connectivity index (χ0n) is 11.7. The van der Waals surface area contributed by atoms with Gasteiger partial charge < -0.3 is 14.2 Å². The summed E-state index contributed by atoms with van der Waals surface area (Å²) in [5.41, 5.74) is -0.613. The Hall–Kier alpha value is -1.52. The van der Waals surface area contributed by atoms with Crippen LogP contribution in [-0.4, -0.2) is 31.3 Å². The maximum Gasteiger partial charge on any atom is 0.373 e. The van der Waals surface area contributed by atoms with Crippen LogP contribution in [0.15, 0.2) is 11.8 Å². The molecule has 5 nitrogen and oxygen atoms in total. The molecule has 0 aromatic carbocycles. The van der Waals surface area contributed by atoms with E-state index in [2.05, 4.69) is 4.74 Å². The van der Waals surface area contributed by atoms with E-state index in [1.165, 1.54) is 7.11 Å². The standard InChI is InChI=1S/C13H22O5/c1-6-7-8-17-10(12(15)16-5)9-11(14)18-13(2,3)4/h9H,6-8H2,1-5H3/b10-9-. The van der Waals surface area contributed by atoms with E-state index in [0.717, 1.165) is 18.9 Å². The molecule has 0 spiro atoms. The van der Waals surface area contributed by atoms with E-state index in [9.17, 15) is 9.59 Å². The number of carbonyl (C=O) groups excluding carboxylic acids is 2. The molecule has 0 fully saturated rings. The van der Waals surface area contributed by atoms with Gasteiger partial charge in [0.1, 0.15) is 5.60 Å². The molecule has 0 aliphatic carbocycles. The Balaban J connectivity index is 4.63. The van der Waals surface area contributed by atoms with Gasteiger partial charge in [0, 0.05) is 0 Å². The number of hydrogen-bond acceptors (Lipinski definition) is 5. The summed E-state index contributed by atoms with van der Waals surface area (Å²) in [6.07, 6.45) is 2.75. The summed E-state index contributed by atoms with van der Waals surface area (Å²) in [5, 5.41) is 0. The fraction of sp³-hybridized carbons (Fsp3) is 0.692. The molecule has 104 valence electrons. The van der Waals surface area contributed by atoms with Crippen molar-refractivity contribution in [1.82, 2.24) is 0 Å². The molecule has 18 heavy (non-hydrogen) atoms. The Bertz CT molecular complexity index is 312. The van der Waals surface area contributed by atoms with Gasteiger partial charge in [-0.1, -0.05) is 13.3 Å². The Morgan fingerprint density at radius 1 is 1.22 bits per heavy atom. The highest BCUT2D eigenvalue weighted by Crippen LogP contribution is 2.09. The Morgan fingerprint density at radius 3 is 2.28 bits per heavy atom. The van der Waals surface area contributed by atoms with Crippen LogP contribution >= 0.6 is 0 Å². The van der Waals surface area contributed by atoms with Gasteiger partial charge in [0.15, 0.2) is 0 Å². The lowest BCUT2D eigenvalue weighted by Gasteiger charge is -2.18. The van der Waals surface area contributed by atoms with E-state index in [1.807, 2.05) is 6.92 Å². The third kappa shape index (κ3) is 7.70. The molecule has 0 heterocycles. The molecule has 0 aliphatic heterocycles. The van der Waals surface area contributed by atoms with E-state index < -0.39 is 17.5 Å². The predicted octanol–water partition coefficient (Wildman–Crippen LogP) is 2.20. The number of esters is 2. The lowest BCUT2D eigenvalue weighted by Crippen LogP contribution is -2.23. The van der Waals surface area contributed by atoms with Crippen molar-refractivity contribution >= 4 is 11.9 Å². The SMILES string of the molecule is CCCCO/C(=C\C(=O)OC(C)(C)C)C(=O)OC. The van der Waals surface area contributed by atoms with Crippen LogP contribution in [0.5, 0.6) is 0 Å². The van der Waals surface area contributed by atoms with Gasteiger partial charge in [-0.05, 0) is 27.2 Å². The maximum atomic E-state index is 11.5. The molecule has 0 unspecified atom stereocenters. The van der Waals surface area contributed by atoms with Gasteiger partial charge in [-0.3, -0.25) is 0 Å². The zero-order chi connectivity index (χ0) is 14.2. The van der Waals surface area contributed by atoms with Crippen LogP contribution in [0.25, 0.3) is 0 Å². The van der Waals surface area contributed by atoms with Crippen molar-refractivity contribution in [3.63, 3.8) is 0 Å². The van der Waals surface area contributed by atoms with E-state index in [0.29, 0.717) is 6.61 Å². The van der Waals surface area contributed by atoms with Crippen LogP contribution < -0.4 is 0 Å². The highest BCUT2D eigenvalue weighted by Gasteiger charge is 2.18. The quantitative estimate of drug-likeness (QED) is 0.316. The first kappa shape index (κ1) is 16.5. The van der Waals surface area contributed by atoms with Gasteiger partial charge in [0.2, 0.25) is 5.76 Å². The van der Waals surface area contributed by atoms with Crippen molar-refractivity contribution in [2.24, 2.45) is 0 Å². The first-order valence-electron chi connectivity index (χ1n) is 5.96. The normalized spacial score (nSPS) is 11.9. The molecule has 0 amide bonds. The molecule has 5 heteroatoms. The summed E-state index contributed by atoms with van der Waals surface area (Å²) >= 11 is 0. The maximum absolute atomic E-state index is 11.5.